The molecule has 3 aromatic rings. The Morgan fingerprint density at radius 3 is 2.39 bits per heavy atom. The van der Waals surface area contributed by atoms with Gasteiger partial charge in [0.05, 0.1) is 0 Å². The second kappa shape index (κ2) is 9.47. The van der Waals surface area contributed by atoms with E-state index >= 15 is 0 Å². The number of rotatable bonds is 8. The minimum absolute atomic E-state index is 0.0596. The molecule has 5 heteroatoms. The Hall–Kier alpha value is -3.60. The van der Waals surface area contributed by atoms with Crippen LogP contribution < -0.4 is 10.6 Å². The third-order valence-electron chi connectivity index (χ3n) is 5.52. The van der Waals surface area contributed by atoms with Gasteiger partial charge in [-0.2, -0.15) is 0 Å². The lowest BCUT2D eigenvalue weighted by Gasteiger charge is -2.26. The Morgan fingerprint density at radius 1 is 0.935 bits per heavy atom. The van der Waals surface area contributed by atoms with Crippen LogP contribution in [-0.2, 0) is 6.42 Å². The summed E-state index contributed by atoms with van der Waals surface area (Å²) >= 11 is 0. The van der Waals surface area contributed by atoms with Crippen molar-refractivity contribution in [2.75, 3.05) is 18.4 Å². The molecule has 5 nitrogen and oxygen atoms in total. The van der Waals surface area contributed by atoms with E-state index in [4.69, 9.17) is 0 Å². The number of hydrogen-bond acceptors (Lipinski definition) is 3. The largest absolute Gasteiger partial charge is 0.361 e. The lowest BCUT2D eigenvalue weighted by molar-refractivity contribution is 0.0743. The molecule has 0 radical (unpaired) electrons. The summed E-state index contributed by atoms with van der Waals surface area (Å²) in [5.41, 5.74) is 4.43. The zero-order valence-corrected chi connectivity index (χ0v) is 17.7. The topological polar surface area (TPSA) is 61.4 Å². The van der Waals surface area contributed by atoms with Crippen molar-refractivity contribution >= 4 is 17.5 Å². The van der Waals surface area contributed by atoms with Crippen LogP contribution in [0.2, 0.25) is 0 Å². The summed E-state index contributed by atoms with van der Waals surface area (Å²) in [5.74, 6) is -0.0270. The van der Waals surface area contributed by atoms with E-state index in [1.807, 2.05) is 71.6 Å². The van der Waals surface area contributed by atoms with Crippen molar-refractivity contribution < 1.29 is 9.59 Å². The van der Waals surface area contributed by atoms with Gasteiger partial charge in [-0.1, -0.05) is 55.5 Å². The average Bonchev–Trinajstić information content (AvgIpc) is 3.07. The van der Waals surface area contributed by atoms with Gasteiger partial charge in [0.1, 0.15) is 6.17 Å². The van der Waals surface area contributed by atoms with Crippen molar-refractivity contribution in [1.29, 1.82) is 0 Å². The van der Waals surface area contributed by atoms with Crippen LogP contribution in [0.5, 0.6) is 0 Å². The van der Waals surface area contributed by atoms with Gasteiger partial charge in [0.2, 0.25) is 0 Å². The molecule has 0 aromatic heterocycles. The van der Waals surface area contributed by atoms with Gasteiger partial charge in [0.25, 0.3) is 11.8 Å². The highest BCUT2D eigenvalue weighted by atomic mass is 16.2. The molecule has 0 bridgehead atoms. The van der Waals surface area contributed by atoms with E-state index in [0.717, 1.165) is 29.7 Å². The van der Waals surface area contributed by atoms with Crippen molar-refractivity contribution in [1.82, 2.24) is 10.2 Å². The number of carbonyl (C=O) groups excluding carboxylic acids is 2. The molecule has 0 spiro atoms. The number of benzene rings is 3. The number of nitrogens with zero attached hydrogens (tertiary/aromatic N) is 1. The molecule has 1 heterocycles. The van der Waals surface area contributed by atoms with Crippen LogP contribution >= 0.6 is 0 Å². The zero-order valence-electron chi connectivity index (χ0n) is 17.7. The van der Waals surface area contributed by atoms with Gasteiger partial charge in [-0.3, -0.25) is 9.59 Å². The Kier molecular flexibility index (Phi) is 6.32. The summed E-state index contributed by atoms with van der Waals surface area (Å²) in [6, 6.07) is 25.2. The molecule has 1 aliphatic rings. The first kappa shape index (κ1) is 20.7. The molecule has 0 saturated carbocycles. The van der Waals surface area contributed by atoms with Crippen LogP contribution in [0.25, 0.3) is 0 Å². The molecule has 0 unspecified atom stereocenters. The van der Waals surface area contributed by atoms with Crippen LogP contribution in [0.3, 0.4) is 0 Å². The van der Waals surface area contributed by atoms with E-state index in [9.17, 15) is 9.59 Å². The highest BCUT2D eigenvalue weighted by Crippen LogP contribution is 2.34. The standard InChI is InChI=1S/C26H27N3O2/c1-2-18-29-24(22-10-6-7-11-23(22)26(29)31)28-21-14-12-20(13-15-21)25(30)27-17-16-19-8-4-3-5-9-19/h3-15,24,28H,2,16-18H2,1H3,(H,27,30)/t24-/m0/s1. The minimum Gasteiger partial charge on any atom is -0.361 e. The summed E-state index contributed by atoms with van der Waals surface area (Å²) < 4.78 is 0. The molecule has 4 rings (SSSR count). The number of nitrogens with one attached hydrogen (secondary N) is 2. The maximum Gasteiger partial charge on any atom is 0.256 e. The molecular formula is C26H27N3O2. The van der Waals surface area contributed by atoms with E-state index in [-0.39, 0.29) is 18.0 Å². The van der Waals surface area contributed by atoms with Crippen molar-refractivity contribution in [3.63, 3.8) is 0 Å². The quantitative estimate of drug-likeness (QED) is 0.566. The molecule has 1 atom stereocenters. The number of hydrogen-bond donors (Lipinski definition) is 2. The molecule has 31 heavy (non-hydrogen) atoms. The Morgan fingerprint density at radius 2 is 1.65 bits per heavy atom. The van der Waals surface area contributed by atoms with E-state index in [2.05, 4.69) is 29.7 Å². The maximum atomic E-state index is 12.8. The summed E-state index contributed by atoms with van der Waals surface area (Å²) in [6.45, 7) is 3.35. The third kappa shape index (κ3) is 4.61. The Balaban J connectivity index is 1.40. The van der Waals surface area contributed by atoms with E-state index < -0.39 is 0 Å². The van der Waals surface area contributed by atoms with Crippen LogP contribution in [-0.4, -0.2) is 29.8 Å². The van der Waals surface area contributed by atoms with E-state index in [0.29, 0.717) is 18.7 Å². The smallest absolute Gasteiger partial charge is 0.256 e. The zero-order chi connectivity index (χ0) is 21.6. The molecule has 2 amide bonds. The predicted octanol–water partition coefficient (Wildman–Crippen LogP) is 4.64. The predicted molar refractivity (Wildman–Crippen MR) is 123 cm³/mol. The van der Waals surface area contributed by atoms with Gasteiger partial charge in [0, 0.05) is 35.5 Å². The van der Waals surface area contributed by atoms with E-state index in [1.54, 1.807) is 0 Å². The lowest BCUT2D eigenvalue weighted by Crippen LogP contribution is -2.33. The van der Waals surface area contributed by atoms with Crippen LogP contribution in [0, 0.1) is 0 Å². The Labute approximate surface area is 183 Å². The van der Waals surface area contributed by atoms with Gasteiger partial charge in [-0.05, 0) is 48.7 Å². The van der Waals surface area contributed by atoms with Gasteiger partial charge in [-0.15, -0.1) is 0 Å². The summed E-state index contributed by atoms with van der Waals surface area (Å²) in [6.07, 6.45) is 1.49. The molecule has 0 saturated heterocycles. The fourth-order valence-corrected chi connectivity index (χ4v) is 3.94. The van der Waals surface area contributed by atoms with Crippen molar-refractivity contribution in [3.05, 3.63) is 101 Å². The fraction of sp³-hybridized carbons (Fsp3) is 0.231. The molecule has 0 fully saturated rings. The van der Waals surface area contributed by atoms with Crippen LogP contribution in [0.1, 0.15) is 51.4 Å². The molecular weight excluding hydrogens is 386 g/mol. The summed E-state index contributed by atoms with van der Waals surface area (Å²) in [7, 11) is 0. The normalized spacial score (nSPS) is 14.9. The monoisotopic (exact) mass is 413 g/mol. The highest BCUT2D eigenvalue weighted by Gasteiger charge is 2.35. The number of anilines is 1. The van der Waals surface area contributed by atoms with Crippen LogP contribution in [0.4, 0.5) is 5.69 Å². The SMILES string of the molecule is CCCN1C(=O)c2ccccc2[C@H]1Nc1ccc(C(=O)NCCc2ccccc2)cc1. The molecule has 1 aliphatic heterocycles. The van der Waals surface area contributed by atoms with Crippen LogP contribution in [0.15, 0.2) is 78.9 Å². The summed E-state index contributed by atoms with van der Waals surface area (Å²) in [5, 5.41) is 6.44. The molecule has 0 aliphatic carbocycles. The second-order valence-corrected chi connectivity index (χ2v) is 7.70. The molecule has 2 N–H and O–H groups in total. The van der Waals surface area contributed by atoms with Gasteiger partial charge < -0.3 is 15.5 Å². The molecule has 158 valence electrons. The first-order chi connectivity index (χ1) is 15.2. The third-order valence-corrected chi connectivity index (χ3v) is 5.52. The second-order valence-electron chi connectivity index (χ2n) is 7.70. The maximum absolute atomic E-state index is 12.8. The van der Waals surface area contributed by atoms with Gasteiger partial charge in [-0.25, -0.2) is 0 Å². The lowest BCUT2D eigenvalue weighted by atomic mass is 10.1. The van der Waals surface area contributed by atoms with Gasteiger partial charge >= 0.3 is 0 Å². The first-order valence-electron chi connectivity index (χ1n) is 10.8. The first-order valence-corrected chi connectivity index (χ1v) is 10.8. The fourth-order valence-electron chi connectivity index (χ4n) is 3.94. The minimum atomic E-state index is -0.200. The van der Waals surface area contributed by atoms with Crippen molar-refractivity contribution in [2.24, 2.45) is 0 Å². The molecule has 3 aromatic carbocycles. The van der Waals surface area contributed by atoms with E-state index in [1.165, 1.54) is 5.56 Å². The highest BCUT2D eigenvalue weighted by molar-refractivity contribution is 5.99. The number of carbonyl (C=O) groups is 2. The van der Waals surface area contributed by atoms with Gasteiger partial charge in [0.15, 0.2) is 0 Å². The average molecular weight is 414 g/mol. The Bertz CT molecular complexity index is 1050. The number of fused-ring (bicyclic) bond motifs is 1. The summed E-state index contributed by atoms with van der Waals surface area (Å²) in [4.78, 5) is 27.1. The van der Waals surface area contributed by atoms with Crippen molar-refractivity contribution in [3.8, 4) is 0 Å². The number of amides is 2. The van der Waals surface area contributed by atoms with Crippen molar-refractivity contribution in [2.45, 2.75) is 25.9 Å².